The smallest absolute Gasteiger partial charge is 0.193 e. The molecule has 0 bridgehead atoms. The Balaban J connectivity index is 4.56. The van der Waals surface area contributed by atoms with Crippen molar-refractivity contribution in [2.75, 3.05) is 0 Å². The Morgan fingerprint density at radius 1 is 1.29 bits per heavy atom. The average molecular weight is 254 g/mol. The van der Waals surface area contributed by atoms with Crippen LogP contribution in [0.2, 0.25) is 18.1 Å². The molecule has 17 heavy (non-hydrogen) atoms. The van der Waals surface area contributed by atoms with Gasteiger partial charge in [-0.05, 0) is 30.5 Å². The Labute approximate surface area is 109 Å². The van der Waals surface area contributed by atoms with E-state index >= 15 is 0 Å². The van der Waals surface area contributed by atoms with Crippen LogP contribution in [0, 0.1) is 18.3 Å². The van der Waals surface area contributed by atoms with E-state index in [1.54, 1.807) is 0 Å². The van der Waals surface area contributed by atoms with E-state index in [1.165, 1.54) is 19.3 Å². The minimum absolute atomic E-state index is 0.0116. The molecule has 0 rings (SSSR count). The van der Waals surface area contributed by atoms with Crippen molar-refractivity contribution in [2.24, 2.45) is 5.92 Å². The van der Waals surface area contributed by atoms with Crippen LogP contribution in [0.3, 0.4) is 0 Å². The van der Waals surface area contributed by atoms with Crippen LogP contribution in [0.4, 0.5) is 0 Å². The number of hydrogen-bond acceptors (Lipinski definition) is 1. The second-order valence-electron chi connectivity index (χ2n) is 6.58. The van der Waals surface area contributed by atoms with E-state index in [0.717, 1.165) is 0 Å². The average Bonchev–Trinajstić information content (AvgIpc) is 2.20. The predicted octanol–water partition coefficient (Wildman–Crippen LogP) is 4.84. The van der Waals surface area contributed by atoms with E-state index < -0.39 is 8.32 Å². The van der Waals surface area contributed by atoms with Gasteiger partial charge in [-0.25, -0.2) is 0 Å². The monoisotopic (exact) mass is 254 g/mol. The molecule has 0 aromatic carbocycles. The molecule has 0 heterocycles. The molecule has 0 N–H and O–H groups in total. The van der Waals surface area contributed by atoms with Crippen molar-refractivity contribution in [3.05, 3.63) is 0 Å². The van der Waals surface area contributed by atoms with Crippen LogP contribution in [0.1, 0.15) is 53.9 Å². The van der Waals surface area contributed by atoms with Crippen LogP contribution >= 0.6 is 0 Å². The van der Waals surface area contributed by atoms with Crippen LogP contribution in [-0.4, -0.2) is 14.4 Å². The Bertz CT molecular complexity index is 257. The maximum atomic E-state index is 6.31. The molecule has 0 aromatic rings. The van der Waals surface area contributed by atoms with Gasteiger partial charge in [-0.3, -0.25) is 0 Å². The summed E-state index contributed by atoms with van der Waals surface area (Å²) in [4.78, 5) is 0. The van der Waals surface area contributed by atoms with Gasteiger partial charge in [-0.1, -0.05) is 53.4 Å². The predicted molar refractivity (Wildman–Crippen MR) is 79.6 cm³/mol. The molecule has 2 heteroatoms. The van der Waals surface area contributed by atoms with Gasteiger partial charge >= 0.3 is 0 Å². The summed E-state index contributed by atoms with van der Waals surface area (Å²) >= 11 is 0. The van der Waals surface area contributed by atoms with Crippen molar-refractivity contribution in [3.63, 3.8) is 0 Å². The summed E-state index contributed by atoms with van der Waals surface area (Å²) in [6.45, 7) is 15.7. The molecule has 0 saturated heterocycles. The molecule has 0 saturated carbocycles. The zero-order valence-electron chi connectivity index (χ0n) is 12.8. The summed E-state index contributed by atoms with van der Waals surface area (Å²) < 4.78 is 6.31. The minimum atomic E-state index is -1.73. The molecule has 0 aromatic heterocycles. The third kappa shape index (κ3) is 5.27. The Morgan fingerprint density at radius 2 is 1.82 bits per heavy atom. The van der Waals surface area contributed by atoms with Gasteiger partial charge in [0.15, 0.2) is 8.32 Å². The Kier molecular flexibility index (Phi) is 6.51. The van der Waals surface area contributed by atoms with Crippen molar-refractivity contribution >= 4 is 8.32 Å². The molecule has 0 fully saturated rings. The highest BCUT2D eigenvalue weighted by atomic mass is 28.4. The van der Waals surface area contributed by atoms with E-state index in [1.807, 2.05) is 0 Å². The van der Waals surface area contributed by atoms with Gasteiger partial charge in [0, 0.05) is 0 Å². The first kappa shape index (κ1) is 16.7. The maximum Gasteiger partial charge on any atom is 0.193 e. The highest BCUT2D eigenvalue weighted by Crippen LogP contribution is 2.38. The van der Waals surface area contributed by atoms with E-state index in [-0.39, 0.29) is 11.1 Å². The highest BCUT2D eigenvalue weighted by molar-refractivity contribution is 6.74. The van der Waals surface area contributed by atoms with Crippen LogP contribution in [-0.2, 0) is 4.43 Å². The number of rotatable bonds is 6. The molecule has 0 aliphatic carbocycles. The van der Waals surface area contributed by atoms with Crippen LogP contribution in [0.25, 0.3) is 0 Å². The van der Waals surface area contributed by atoms with E-state index in [2.05, 4.69) is 53.6 Å². The van der Waals surface area contributed by atoms with Gasteiger partial charge in [-0.15, -0.1) is 6.42 Å². The fourth-order valence-corrected chi connectivity index (χ4v) is 2.77. The summed E-state index contributed by atoms with van der Waals surface area (Å²) in [5.74, 6) is 3.32. The number of hydrogen-bond donors (Lipinski definition) is 0. The molecule has 0 amide bonds. The molecular formula is C15H30OSi. The summed E-state index contributed by atoms with van der Waals surface area (Å²) in [7, 11) is -1.73. The van der Waals surface area contributed by atoms with Gasteiger partial charge in [-0.2, -0.15) is 0 Å². The van der Waals surface area contributed by atoms with Crippen molar-refractivity contribution < 1.29 is 4.43 Å². The highest BCUT2D eigenvalue weighted by Gasteiger charge is 2.39. The largest absolute Gasteiger partial charge is 0.403 e. The fraction of sp³-hybridized carbons (Fsp3) is 0.867. The normalized spacial score (nSPS) is 16.4. The second-order valence-corrected chi connectivity index (χ2v) is 11.3. The lowest BCUT2D eigenvalue weighted by Crippen LogP contribution is -2.45. The zero-order valence-corrected chi connectivity index (χ0v) is 13.8. The minimum Gasteiger partial charge on any atom is -0.403 e. The molecule has 0 aliphatic rings. The second kappa shape index (κ2) is 6.61. The zero-order chi connectivity index (χ0) is 13.7. The van der Waals surface area contributed by atoms with Crippen molar-refractivity contribution in [1.29, 1.82) is 0 Å². The van der Waals surface area contributed by atoms with Crippen LogP contribution in [0.15, 0.2) is 0 Å². The van der Waals surface area contributed by atoms with E-state index in [4.69, 9.17) is 10.8 Å². The summed E-state index contributed by atoms with van der Waals surface area (Å²) in [5, 5.41) is 0.229. The third-order valence-electron chi connectivity index (χ3n) is 3.92. The first-order chi connectivity index (χ1) is 7.65. The van der Waals surface area contributed by atoms with Crippen molar-refractivity contribution in [3.8, 4) is 12.3 Å². The summed E-state index contributed by atoms with van der Waals surface area (Å²) in [6, 6.07) is 0. The lowest BCUT2D eigenvalue weighted by Gasteiger charge is -2.39. The van der Waals surface area contributed by atoms with E-state index in [9.17, 15) is 0 Å². The van der Waals surface area contributed by atoms with Gasteiger partial charge in [0.25, 0.3) is 0 Å². The van der Waals surface area contributed by atoms with Crippen molar-refractivity contribution in [1.82, 2.24) is 0 Å². The Hall–Kier alpha value is -0.263. The molecule has 0 aliphatic heterocycles. The first-order valence-electron chi connectivity index (χ1n) is 6.79. The van der Waals surface area contributed by atoms with Crippen molar-refractivity contribution in [2.45, 2.75) is 78.1 Å². The SMILES string of the molecule is C#C[C@@H](O[Si](C)(C)C(C)(C)C)C(C)CCCC. The maximum absolute atomic E-state index is 6.31. The number of terminal acetylenes is 1. The van der Waals surface area contributed by atoms with Gasteiger partial charge < -0.3 is 4.43 Å². The first-order valence-corrected chi connectivity index (χ1v) is 9.70. The van der Waals surface area contributed by atoms with Gasteiger partial charge in [0.1, 0.15) is 6.10 Å². The molecule has 100 valence electrons. The third-order valence-corrected chi connectivity index (χ3v) is 8.38. The quantitative estimate of drug-likeness (QED) is 0.487. The molecule has 1 unspecified atom stereocenters. The fourth-order valence-electron chi connectivity index (χ4n) is 1.49. The topological polar surface area (TPSA) is 9.23 Å². The lowest BCUT2D eigenvalue weighted by atomic mass is 9.99. The lowest BCUT2D eigenvalue weighted by molar-refractivity contribution is 0.170. The van der Waals surface area contributed by atoms with Gasteiger partial charge in [0.05, 0.1) is 0 Å². The number of unbranched alkanes of at least 4 members (excludes halogenated alkanes) is 1. The Morgan fingerprint density at radius 3 is 2.18 bits per heavy atom. The summed E-state index contributed by atoms with van der Waals surface area (Å²) in [5.41, 5.74) is 0. The molecule has 1 nitrogen and oxygen atoms in total. The molecule has 0 spiro atoms. The standard InChI is InChI=1S/C15H30OSi/c1-9-11-12-13(3)14(10-2)16-17(7,8)15(4,5)6/h2,13-14H,9,11-12H2,1,3-8H3/t13?,14-/m1/s1. The van der Waals surface area contributed by atoms with Crippen LogP contribution < -0.4 is 0 Å². The molecular weight excluding hydrogens is 224 g/mol. The molecule has 2 atom stereocenters. The van der Waals surface area contributed by atoms with E-state index in [0.29, 0.717) is 5.92 Å². The van der Waals surface area contributed by atoms with Gasteiger partial charge in [0.2, 0.25) is 0 Å². The summed E-state index contributed by atoms with van der Waals surface area (Å²) in [6.07, 6.45) is 9.26. The van der Waals surface area contributed by atoms with Crippen LogP contribution in [0.5, 0.6) is 0 Å². The molecule has 0 radical (unpaired) electrons.